The van der Waals surface area contributed by atoms with Crippen molar-refractivity contribution in [2.24, 2.45) is 5.92 Å². The number of benzene rings is 1. The largest absolute Gasteiger partial charge is 0.326 e. The van der Waals surface area contributed by atoms with Crippen molar-refractivity contribution in [1.82, 2.24) is 20.4 Å². The predicted octanol–water partition coefficient (Wildman–Crippen LogP) is 1.61. The smallest absolute Gasteiger partial charge is 0.220 e. The number of likely N-dealkylation sites (tertiary alicyclic amines) is 1. The fourth-order valence-electron chi connectivity index (χ4n) is 4.13. The third-order valence-electron chi connectivity index (χ3n) is 5.74. The molecule has 1 aromatic carbocycles. The Kier molecular flexibility index (Phi) is 5.23. The number of hydrogen-bond acceptors (Lipinski definition) is 4. The molecule has 2 heterocycles. The van der Waals surface area contributed by atoms with Crippen LogP contribution in [-0.2, 0) is 11.3 Å². The Morgan fingerprint density at radius 2 is 2.17 bits per heavy atom. The fourth-order valence-corrected chi connectivity index (χ4v) is 4.13. The second-order valence-electron chi connectivity index (χ2n) is 7.29. The average molecular weight is 330 g/mol. The van der Waals surface area contributed by atoms with Gasteiger partial charge in [-0.3, -0.25) is 15.0 Å². The highest BCUT2D eigenvalue weighted by molar-refractivity contribution is 5.74. The van der Waals surface area contributed by atoms with Crippen LogP contribution in [0.3, 0.4) is 0 Å². The number of likely N-dealkylation sites (N-methyl/N-ethyl adjacent to an activating group) is 1. The highest BCUT2D eigenvalue weighted by Crippen LogP contribution is 2.29. The topological polar surface area (TPSA) is 47.6 Å². The number of carbonyl (C=O) groups is 1. The van der Waals surface area contributed by atoms with Crippen LogP contribution in [0.5, 0.6) is 0 Å². The van der Waals surface area contributed by atoms with E-state index >= 15 is 0 Å². The van der Waals surface area contributed by atoms with Crippen molar-refractivity contribution in [2.45, 2.75) is 45.1 Å². The molecule has 1 aromatic rings. The summed E-state index contributed by atoms with van der Waals surface area (Å²) < 4.78 is 0. The SMILES string of the molecule is CC(=O)N(C)C1(NC2CCCN2Cc2ccccc2)CNCC1C. The molecular formula is C19H30N4O. The zero-order chi connectivity index (χ0) is 17.2. The molecule has 0 aromatic heterocycles. The van der Waals surface area contributed by atoms with Crippen LogP contribution in [0, 0.1) is 5.92 Å². The molecule has 2 N–H and O–H groups in total. The van der Waals surface area contributed by atoms with Gasteiger partial charge >= 0.3 is 0 Å². The normalized spacial score (nSPS) is 30.6. The van der Waals surface area contributed by atoms with E-state index in [4.69, 9.17) is 0 Å². The molecule has 0 spiro atoms. The standard InChI is InChI=1S/C19H30N4O/c1-15-12-20-14-19(15,22(3)16(2)24)21-18-10-7-11-23(18)13-17-8-5-4-6-9-17/h4-6,8-9,15,18,20-21H,7,10-14H2,1-3H3. The van der Waals surface area contributed by atoms with E-state index in [-0.39, 0.29) is 11.6 Å². The van der Waals surface area contributed by atoms with Crippen molar-refractivity contribution >= 4 is 5.91 Å². The summed E-state index contributed by atoms with van der Waals surface area (Å²) in [5.74, 6) is 0.497. The van der Waals surface area contributed by atoms with Gasteiger partial charge in [0.15, 0.2) is 0 Å². The molecule has 5 nitrogen and oxygen atoms in total. The molecule has 2 aliphatic rings. The predicted molar refractivity (Wildman–Crippen MR) is 96.2 cm³/mol. The van der Waals surface area contributed by atoms with E-state index < -0.39 is 0 Å². The first-order valence-corrected chi connectivity index (χ1v) is 9.04. The van der Waals surface area contributed by atoms with Crippen molar-refractivity contribution in [2.75, 3.05) is 26.7 Å². The Balaban J connectivity index is 1.75. The second-order valence-corrected chi connectivity index (χ2v) is 7.29. The maximum atomic E-state index is 12.1. The van der Waals surface area contributed by atoms with Crippen LogP contribution in [0.4, 0.5) is 0 Å². The molecule has 0 radical (unpaired) electrons. The van der Waals surface area contributed by atoms with Gasteiger partial charge in [0.2, 0.25) is 5.91 Å². The summed E-state index contributed by atoms with van der Waals surface area (Å²) >= 11 is 0. The first-order valence-electron chi connectivity index (χ1n) is 9.04. The first kappa shape index (κ1) is 17.4. The zero-order valence-electron chi connectivity index (χ0n) is 15.1. The lowest BCUT2D eigenvalue weighted by atomic mass is 9.95. The molecule has 0 aliphatic carbocycles. The van der Waals surface area contributed by atoms with Crippen LogP contribution < -0.4 is 10.6 Å². The molecule has 0 bridgehead atoms. The highest BCUT2D eigenvalue weighted by atomic mass is 16.2. The van der Waals surface area contributed by atoms with Crippen LogP contribution in [-0.4, -0.2) is 54.2 Å². The number of hydrogen-bond donors (Lipinski definition) is 2. The van der Waals surface area contributed by atoms with Crippen LogP contribution in [0.2, 0.25) is 0 Å². The molecule has 1 amide bonds. The number of nitrogens with one attached hydrogen (secondary N) is 2. The van der Waals surface area contributed by atoms with Gasteiger partial charge in [0.25, 0.3) is 0 Å². The third-order valence-corrected chi connectivity index (χ3v) is 5.74. The van der Waals surface area contributed by atoms with Gasteiger partial charge in [-0.05, 0) is 18.4 Å². The minimum atomic E-state index is -0.296. The minimum absolute atomic E-state index is 0.116. The minimum Gasteiger partial charge on any atom is -0.326 e. The summed E-state index contributed by atoms with van der Waals surface area (Å²) in [6.45, 7) is 7.69. The Morgan fingerprint density at radius 3 is 2.79 bits per heavy atom. The van der Waals surface area contributed by atoms with Crippen molar-refractivity contribution < 1.29 is 4.79 Å². The number of amides is 1. The Bertz CT molecular complexity index is 564. The molecule has 0 saturated carbocycles. The van der Waals surface area contributed by atoms with Crippen molar-refractivity contribution in [3.05, 3.63) is 35.9 Å². The zero-order valence-corrected chi connectivity index (χ0v) is 15.1. The van der Waals surface area contributed by atoms with E-state index in [0.29, 0.717) is 12.1 Å². The first-order chi connectivity index (χ1) is 11.5. The Morgan fingerprint density at radius 1 is 1.42 bits per heavy atom. The van der Waals surface area contributed by atoms with Gasteiger partial charge in [0.1, 0.15) is 5.66 Å². The fraction of sp³-hybridized carbons (Fsp3) is 0.632. The van der Waals surface area contributed by atoms with E-state index in [1.165, 1.54) is 12.0 Å². The van der Waals surface area contributed by atoms with Gasteiger partial charge < -0.3 is 10.2 Å². The summed E-state index contributed by atoms with van der Waals surface area (Å²) in [6, 6.07) is 10.6. The molecule has 2 aliphatic heterocycles. The van der Waals surface area contributed by atoms with Crippen LogP contribution in [0.25, 0.3) is 0 Å². The highest BCUT2D eigenvalue weighted by Gasteiger charge is 2.47. The lowest BCUT2D eigenvalue weighted by Gasteiger charge is -2.45. The summed E-state index contributed by atoms with van der Waals surface area (Å²) in [5, 5.41) is 7.32. The molecule has 3 unspecified atom stereocenters. The van der Waals surface area contributed by atoms with Crippen LogP contribution in [0.15, 0.2) is 30.3 Å². The van der Waals surface area contributed by atoms with Crippen LogP contribution >= 0.6 is 0 Å². The number of rotatable bonds is 5. The van der Waals surface area contributed by atoms with Crippen molar-refractivity contribution in [1.29, 1.82) is 0 Å². The summed E-state index contributed by atoms with van der Waals surface area (Å²) in [5.41, 5.74) is 1.05. The van der Waals surface area contributed by atoms with Gasteiger partial charge in [-0.1, -0.05) is 37.3 Å². The molecule has 24 heavy (non-hydrogen) atoms. The van der Waals surface area contributed by atoms with E-state index in [9.17, 15) is 4.79 Å². The summed E-state index contributed by atoms with van der Waals surface area (Å²) in [6.07, 6.45) is 2.65. The van der Waals surface area contributed by atoms with E-state index in [0.717, 1.165) is 32.6 Å². The van der Waals surface area contributed by atoms with E-state index in [2.05, 4.69) is 52.8 Å². The maximum Gasteiger partial charge on any atom is 0.220 e. The summed E-state index contributed by atoms with van der Waals surface area (Å²) in [4.78, 5) is 16.5. The van der Waals surface area contributed by atoms with Gasteiger partial charge in [0.05, 0.1) is 6.17 Å². The number of carbonyl (C=O) groups excluding carboxylic acids is 1. The second kappa shape index (κ2) is 7.21. The quantitative estimate of drug-likeness (QED) is 0.806. The maximum absolute atomic E-state index is 12.1. The van der Waals surface area contributed by atoms with E-state index in [1.54, 1.807) is 6.92 Å². The van der Waals surface area contributed by atoms with Crippen molar-refractivity contribution in [3.63, 3.8) is 0 Å². The molecule has 2 saturated heterocycles. The Hall–Kier alpha value is -1.43. The molecule has 2 fully saturated rings. The van der Waals surface area contributed by atoms with Crippen LogP contribution in [0.1, 0.15) is 32.3 Å². The molecular weight excluding hydrogens is 300 g/mol. The third kappa shape index (κ3) is 3.34. The molecule has 3 atom stereocenters. The van der Waals surface area contributed by atoms with Gasteiger partial charge in [-0.15, -0.1) is 0 Å². The molecule has 5 heteroatoms. The van der Waals surface area contributed by atoms with Gasteiger partial charge in [0, 0.05) is 46.1 Å². The number of nitrogens with zero attached hydrogens (tertiary/aromatic N) is 2. The average Bonchev–Trinajstić information content (AvgIpc) is 3.16. The lowest BCUT2D eigenvalue weighted by Crippen LogP contribution is -2.67. The monoisotopic (exact) mass is 330 g/mol. The van der Waals surface area contributed by atoms with E-state index in [1.807, 2.05) is 11.9 Å². The van der Waals surface area contributed by atoms with Crippen molar-refractivity contribution in [3.8, 4) is 0 Å². The lowest BCUT2D eigenvalue weighted by molar-refractivity contribution is -0.136. The Labute approximate surface area is 145 Å². The molecule has 132 valence electrons. The van der Waals surface area contributed by atoms with Gasteiger partial charge in [-0.25, -0.2) is 0 Å². The molecule has 3 rings (SSSR count). The summed E-state index contributed by atoms with van der Waals surface area (Å²) in [7, 11) is 1.93. The van der Waals surface area contributed by atoms with Gasteiger partial charge in [-0.2, -0.15) is 0 Å².